The smallest absolute Gasteiger partial charge is 0.137 e. The number of hydrogen-bond donors (Lipinski definition) is 0. The molecule has 0 aliphatic rings. The Balaban J connectivity index is 2.19. The topological polar surface area (TPSA) is 13.1 Å². The molecule has 2 aromatic heterocycles. The summed E-state index contributed by atoms with van der Waals surface area (Å²) in [7, 11) is -5.92. The molecular weight excluding hydrogens is 905 g/mol. The van der Waals surface area contributed by atoms with E-state index in [9.17, 15) is 0 Å². The molecule has 0 aliphatic carbocycles. The number of benzene rings is 3. The van der Waals surface area contributed by atoms with Crippen LogP contribution in [0.25, 0.3) is 42.6 Å². The molecule has 0 spiro atoms. The molecule has 0 bridgehead atoms. The second kappa shape index (κ2) is 26.4. The average molecular weight is 1000 g/mol. The lowest BCUT2D eigenvalue weighted by Gasteiger charge is -2.31. The second-order valence-corrected chi connectivity index (χ2v) is 44.9. The lowest BCUT2D eigenvalue weighted by Crippen LogP contribution is -2.32. The van der Waals surface area contributed by atoms with Gasteiger partial charge >= 0.3 is 0 Å². The molecule has 5 rings (SSSR count). The molecule has 0 radical (unpaired) electrons. The minimum Gasteiger partial charge on any atom is -0.464 e. The Labute approximate surface area is 426 Å². The van der Waals surface area contributed by atoms with Crippen molar-refractivity contribution >= 4 is 86.2 Å². The fraction of sp³-hybridized carbons (Fsp3) is 0.645. The summed E-state index contributed by atoms with van der Waals surface area (Å²) in [6.45, 7) is 34.7. The lowest BCUT2D eigenvalue weighted by atomic mass is 9.80. The maximum atomic E-state index is 6.95. The van der Waals surface area contributed by atoms with Crippen LogP contribution in [0, 0.1) is 23.7 Å². The molecule has 0 atom stereocenters. The molecular formula is C62H98OSSi4. The van der Waals surface area contributed by atoms with E-state index < -0.39 is 32.3 Å². The van der Waals surface area contributed by atoms with Crippen molar-refractivity contribution in [3.63, 3.8) is 0 Å². The Kier molecular flexibility index (Phi) is 22.0. The summed E-state index contributed by atoms with van der Waals surface area (Å²) in [4.78, 5) is 0. The van der Waals surface area contributed by atoms with Crippen molar-refractivity contribution in [2.75, 3.05) is 0 Å². The van der Waals surface area contributed by atoms with Crippen LogP contribution in [0.3, 0.4) is 0 Å². The largest absolute Gasteiger partial charge is 0.464 e. The first-order valence-electron chi connectivity index (χ1n) is 28.8. The summed E-state index contributed by atoms with van der Waals surface area (Å²) in [5.41, 5.74) is 10.0. The quantitative estimate of drug-likeness (QED) is 0.0211. The van der Waals surface area contributed by atoms with Gasteiger partial charge in [0.25, 0.3) is 0 Å². The van der Waals surface area contributed by atoms with Crippen molar-refractivity contribution in [1.82, 2.24) is 0 Å². The fourth-order valence-electron chi connectivity index (χ4n) is 12.8. The van der Waals surface area contributed by atoms with Gasteiger partial charge in [-0.05, 0) is 78.1 Å². The maximum absolute atomic E-state index is 6.95. The summed E-state index contributed by atoms with van der Waals surface area (Å²) >= 11 is 2.03. The number of rotatable bonds is 28. The monoisotopic (exact) mass is 1000 g/mol. The Morgan fingerprint density at radius 3 is 1.18 bits per heavy atom. The van der Waals surface area contributed by atoms with Crippen molar-refractivity contribution in [2.24, 2.45) is 0 Å². The van der Waals surface area contributed by atoms with Crippen LogP contribution >= 0.6 is 11.3 Å². The third kappa shape index (κ3) is 11.8. The van der Waals surface area contributed by atoms with E-state index in [1.165, 1.54) is 164 Å². The number of furan rings is 1. The van der Waals surface area contributed by atoms with Crippen LogP contribution in [0.2, 0.25) is 96.7 Å². The lowest BCUT2D eigenvalue weighted by molar-refractivity contribution is 0.612. The molecule has 374 valence electrons. The highest BCUT2D eigenvalue weighted by molar-refractivity contribution is 7.17. The van der Waals surface area contributed by atoms with Gasteiger partial charge in [0, 0.05) is 61.2 Å². The number of thiophene rings is 1. The Morgan fingerprint density at radius 1 is 0.426 bits per heavy atom. The van der Waals surface area contributed by atoms with Gasteiger partial charge in [0.1, 0.15) is 5.58 Å². The molecule has 0 N–H and O–H groups in total. The van der Waals surface area contributed by atoms with Gasteiger partial charge in [-0.15, -0.1) is 11.3 Å². The fourth-order valence-corrected chi connectivity index (χ4v) is 27.1. The van der Waals surface area contributed by atoms with Gasteiger partial charge in [-0.2, -0.15) is 0 Å². The molecule has 0 aliphatic heterocycles. The number of fused-ring (bicyclic) bond motifs is 4. The first-order chi connectivity index (χ1) is 33.0. The van der Waals surface area contributed by atoms with E-state index in [1.54, 1.807) is 15.8 Å². The van der Waals surface area contributed by atoms with Crippen molar-refractivity contribution in [1.29, 1.82) is 0 Å². The predicted molar refractivity (Wildman–Crippen MR) is 322 cm³/mol. The minimum absolute atomic E-state index is 0.941. The zero-order valence-electron chi connectivity index (χ0n) is 46.5. The third-order valence-corrected chi connectivity index (χ3v) is 43.8. The number of hydrogen-bond acceptors (Lipinski definition) is 2. The summed E-state index contributed by atoms with van der Waals surface area (Å²) in [6, 6.07) is 26.5. The summed E-state index contributed by atoms with van der Waals surface area (Å²) in [5, 5.41) is 11.3. The van der Waals surface area contributed by atoms with Crippen molar-refractivity contribution in [3.8, 4) is 23.7 Å². The molecule has 0 saturated carbocycles. The van der Waals surface area contributed by atoms with Gasteiger partial charge < -0.3 is 4.42 Å². The molecule has 1 nitrogen and oxygen atoms in total. The molecule has 0 unspecified atom stereocenters. The van der Waals surface area contributed by atoms with E-state index in [0.29, 0.717) is 0 Å². The second-order valence-electron chi connectivity index (χ2n) is 21.5. The molecule has 0 fully saturated rings. The molecule has 68 heavy (non-hydrogen) atoms. The molecule has 0 saturated heterocycles. The molecule has 5 aromatic rings. The van der Waals surface area contributed by atoms with Gasteiger partial charge in [0.15, 0.2) is 0 Å². The predicted octanol–water partition coefficient (Wildman–Crippen LogP) is 21.2. The normalized spacial score (nSPS) is 12.7. The highest BCUT2D eigenvalue weighted by Gasteiger charge is 2.35. The van der Waals surface area contributed by atoms with E-state index in [-0.39, 0.29) is 0 Å². The first kappa shape index (κ1) is 56.6. The molecule has 6 heteroatoms. The molecule has 3 aromatic carbocycles. The van der Waals surface area contributed by atoms with Gasteiger partial charge in [-0.1, -0.05) is 230 Å². The van der Waals surface area contributed by atoms with E-state index in [2.05, 4.69) is 138 Å². The minimum atomic E-state index is -1.50. The van der Waals surface area contributed by atoms with E-state index in [4.69, 9.17) is 4.42 Å². The van der Waals surface area contributed by atoms with Crippen LogP contribution in [0.4, 0.5) is 0 Å². The number of unbranched alkanes of at least 4 members (excludes halogenated alkanes) is 4. The Morgan fingerprint density at radius 2 is 0.779 bits per heavy atom. The SMILES string of the molecule is CCCCC#Cc1c2c(CC[Si](CC)(CC)CC)c3ccsc3c(CC[Si](CC)(CC)CC)c2c(C#CCCCC)c2c(CC[Si](CC)(CC)CC)c3ccoc3c(CC[Si](CC)(CC)CC)c12. The summed E-state index contributed by atoms with van der Waals surface area (Å²) in [5.74, 6) is 16.3. The van der Waals surface area contributed by atoms with Crippen LogP contribution in [0.5, 0.6) is 0 Å². The van der Waals surface area contributed by atoms with Gasteiger partial charge in [-0.25, -0.2) is 0 Å². The number of aryl methyl sites for hydroxylation is 4. The standard InChI is InChI=1S/C62H98OSSi4/c1-15-29-31-33-35-53-58-50(40-46-66(20-6,21-7)22-8)52-38-44-64-62(52)56(42-48-68(26-12,27-13)28-14)60(58)54(36-34-32-30-16-2)57-49(39-45-65(17-3,18-4)19-5)51-37-43-63-61(51)55(59(53)57)41-47-67(23-9,24-10)25-11/h37-38,43-44H,15-32,39-42,45-48H2,1-14H3. The van der Waals surface area contributed by atoms with Crippen LogP contribution < -0.4 is 0 Å². The van der Waals surface area contributed by atoms with Crippen molar-refractivity contribution < 1.29 is 4.42 Å². The third-order valence-electron chi connectivity index (χ3n) is 19.6. The van der Waals surface area contributed by atoms with E-state index in [1.807, 2.05) is 17.6 Å². The van der Waals surface area contributed by atoms with Crippen molar-refractivity contribution in [2.45, 2.75) is 258 Å². The van der Waals surface area contributed by atoms with Crippen LogP contribution in [-0.4, -0.2) is 32.3 Å². The molecule has 0 amide bonds. The average Bonchev–Trinajstić information content (AvgIpc) is 4.08. The zero-order valence-corrected chi connectivity index (χ0v) is 51.3. The highest BCUT2D eigenvalue weighted by atomic mass is 32.1. The van der Waals surface area contributed by atoms with E-state index in [0.717, 1.165) is 56.9 Å². The van der Waals surface area contributed by atoms with Gasteiger partial charge in [0.05, 0.1) is 38.6 Å². The summed E-state index contributed by atoms with van der Waals surface area (Å²) in [6.07, 6.45) is 13.0. The van der Waals surface area contributed by atoms with E-state index >= 15 is 0 Å². The van der Waals surface area contributed by atoms with Crippen LogP contribution in [-0.2, 0) is 25.7 Å². The molecule has 2 heterocycles. The zero-order chi connectivity index (χ0) is 49.5. The van der Waals surface area contributed by atoms with Gasteiger partial charge in [-0.3, -0.25) is 0 Å². The Bertz CT molecular complexity index is 2170. The van der Waals surface area contributed by atoms with Crippen LogP contribution in [0.15, 0.2) is 28.2 Å². The van der Waals surface area contributed by atoms with Crippen molar-refractivity contribution in [3.05, 3.63) is 57.2 Å². The van der Waals surface area contributed by atoms with Gasteiger partial charge in [0.2, 0.25) is 0 Å². The first-order valence-corrected chi connectivity index (χ1v) is 41.0. The highest BCUT2D eigenvalue weighted by Crippen LogP contribution is 2.49. The Hall–Kier alpha value is -2.33. The maximum Gasteiger partial charge on any atom is 0.137 e. The van der Waals surface area contributed by atoms with Crippen LogP contribution in [0.1, 0.15) is 169 Å². The summed E-state index contributed by atoms with van der Waals surface area (Å²) < 4.78 is 8.51.